The summed E-state index contributed by atoms with van der Waals surface area (Å²) in [6.07, 6.45) is 1.07. The van der Waals surface area contributed by atoms with E-state index < -0.39 is 10.0 Å². The van der Waals surface area contributed by atoms with Crippen molar-refractivity contribution in [2.24, 2.45) is 0 Å². The Hall–Kier alpha value is -1.40. The number of likely N-dealkylation sites (N-methyl/N-ethyl adjacent to an activating group) is 1. The highest BCUT2D eigenvalue weighted by Crippen LogP contribution is 2.10. The van der Waals surface area contributed by atoms with E-state index in [9.17, 15) is 13.2 Å². The van der Waals surface area contributed by atoms with Crippen LogP contribution in [-0.4, -0.2) is 38.5 Å². The third-order valence-electron chi connectivity index (χ3n) is 2.61. The maximum Gasteiger partial charge on any atom is 0.235 e. The minimum Gasteiger partial charge on any atom is -0.348 e. The van der Waals surface area contributed by atoms with Crippen molar-refractivity contribution in [1.29, 1.82) is 0 Å². The van der Waals surface area contributed by atoms with Crippen LogP contribution in [0, 0.1) is 0 Å². The smallest absolute Gasteiger partial charge is 0.235 e. The van der Waals surface area contributed by atoms with Crippen LogP contribution >= 0.6 is 0 Å². The fourth-order valence-electron chi connectivity index (χ4n) is 1.43. The summed E-state index contributed by atoms with van der Waals surface area (Å²) in [5.41, 5.74) is 0.979. The van der Waals surface area contributed by atoms with Crippen LogP contribution in [-0.2, 0) is 14.8 Å². The first kappa shape index (κ1) is 14.7. The lowest BCUT2D eigenvalue weighted by molar-refractivity contribution is -0.121. The quantitative estimate of drug-likeness (QED) is 0.859. The average molecular weight is 270 g/mol. The van der Waals surface area contributed by atoms with Gasteiger partial charge in [-0.05, 0) is 12.5 Å². The molecule has 1 aromatic carbocycles. The molecule has 0 saturated carbocycles. The van der Waals surface area contributed by atoms with Gasteiger partial charge < -0.3 is 5.32 Å². The van der Waals surface area contributed by atoms with Gasteiger partial charge in [0, 0.05) is 7.05 Å². The predicted molar refractivity (Wildman–Crippen MR) is 70.5 cm³/mol. The first-order valence-corrected chi connectivity index (χ1v) is 7.41. The minimum absolute atomic E-state index is 0.147. The van der Waals surface area contributed by atoms with E-state index in [1.807, 2.05) is 37.3 Å². The number of benzene rings is 1. The third kappa shape index (κ3) is 4.46. The molecule has 1 unspecified atom stereocenters. The minimum atomic E-state index is -3.33. The first-order valence-electron chi connectivity index (χ1n) is 5.56. The highest BCUT2D eigenvalue weighted by atomic mass is 32.2. The summed E-state index contributed by atoms with van der Waals surface area (Å²) >= 11 is 0. The second-order valence-corrected chi connectivity index (χ2v) is 6.31. The molecule has 0 spiro atoms. The second kappa shape index (κ2) is 5.97. The zero-order valence-corrected chi connectivity index (χ0v) is 11.6. The number of carbonyl (C=O) groups excluding carboxylic acids is 1. The van der Waals surface area contributed by atoms with Crippen molar-refractivity contribution in [2.45, 2.75) is 13.0 Å². The lowest BCUT2D eigenvalue weighted by atomic mass is 10.1. The summed E-state index contributed by atoms with van der Waals surface area (Å²) in [6.45, 7) is 1.68. The van der Waals surface area contributed by atoms with E-state index in [0.717, 1.165) is 16.1 Å². The Morgan fingerprint density at radius 2 is 1.89 bits per heavy atom. The van der Waals surface area contributed by atoms with Crippen molar-refractivity contribution in [3.63, 3.8) is 0 Å². The molecule has 0 radical (unpaired) electrons. The molecule has 1 N–H and O–H groups in total. The molecular weight excluding hydrogens is 252 g/mol. The maximum absolute atomic E-state index is 11.7. The lowest BCUT2D eigenvalue weighted by Gasteiger charge is -2.17. The summed E-state index contributed by atoms with van der Waals surface area (Å²) in [5.74, 6) is -0.320. The van der Waals surface area contributed by atoms with Crippen LogP contribution in [0.15, 0.2) is 30.3 Å². The van der Waals surface area contributed by atoms with E-state index >= 15 is 0 Å². The van der Waals surface area contributed by atoms with Gasteiger partial charge in [0.05, 0.1) is 18.8 Å². The standard InChI is InChI=1S/C12H18N2O3S/c1-10(11-7-5-4-6-8-11)13-12(15)9-14(2)18(3,16)17/h4-8,10H,9H2,1-3H3,(H,13,15). The van der Waals surface area contributed by atoms with E-state index in [4.69, 9.17) is 0 Å². The van der Waals surface area contributed by atoms with E-state index in [1.165, 1.54) is 7.05 Å². The number of carbonyl (C=O) groups is 1. The third-order valence-corrected chi connectivity index (χ3v) is 3.87. The number of sulfonamides is 1. The topological polar surface area (TPSA) is 66.5 Å². The summed E-state index contributed by atoms with van der Waals surface area (Å²) < 4.78 is 23.4. The fourth-order valence-corrected chi connectivity index (χ4v) is 1.78. The van der Waals surface area contributed by atoms with E-state index in [1.54, 1.807) is 0 Å². The van der Waals surface area contributed by atoms with Crippen molar-refractivity contribution in [3.8, 4) is 0 Å². The van der Waals surface area contributed by atoms with E-state index in [0.29, 0.717) is 0 Å². The molecule has 100 valence electrons. The van der Waals surface area contributed by atoms with Gasteiger partial charge in [0.25, 0.3) is 0 Å². The van der Waals surface area contributed by atoms with Gasteiger partial charge in [-0.15, -0.1) is 0 Å². The van der Waals surface area contributed by atoms with Crippen LogP contribution < -0.4 is 5.32 Å². The Labute approximate surface area is 108 Å². The molecule has 6 heteroatoms. The van der Waals surface area contributed by atoms with Gasteiger partial charge in [-0.1, -0.05) is 30.3 Å². The molecule has 0 saturated heterocycles. The van der Waals surface area contributed by atoms with Gasteiger partial charge in [-0.2, -0.15) is 4.31 Å². The Bertz CT molecular complexity index is 499. The summed E-state index contributed by atoms with van der Waals surface area (Å²) in [6, 6.07) is 9.35. The zero-order chi connectivity index (χ0) is 13.8. The summed E-state index contributed by atoms with van der Waals surface area (Å²) in [5, 5.41) is 2.75. The summed E-state index contributed by atoms with van der Waals surface area (Å²) in [4.78, 5) is 11.7. The SMILES string of the molecule is CC(NC(=O)CN(C)S(C)(=O)=O)c1ccccc1. The summed E-state index contributed by atoms with van der Waals surface area (Å²) in [7, 11) is -1.95. The van der Waals surface area contributed by atoms with Crippen molar-refractivity contribution in [3.05, 3.63) is 35.9 Å². The molecule has 0 aliphatic rings. The number of nitrogens with one attached hydrogen (secondary N) is 1. The Kier molecular flexibility index (Phi) is 4.86. The average Bonchev–Trinajstić information content (AvgIpc) is 2.28. The molecule has 0 bridgehead atoms. The van der Waals surface area contributed by atoms with Crippen molar-refractivity contribution < 1.29 is 13.2 Å². The molecule has 0 aliphatic carbocycles. The molecule has 1 amide bonds. The van der Waals surface area contributed by atoms with Crippen molar-refractivity contribution in [2.75, 3.05) is 19.8 Å². The first-order chi connectivity index (χ1) is 8.30. The number of amides is 1. The van der Waals surface area contributed by atoms with Crippen molar-refractivity contribution in [1.82, 2.24) is 9.62 Å². The number of hydrogen-bond acceptors (Lipinski definition) is 3. The molecular formula is C12H18N2O3S. The molecule has 1 atom stereocenters. The molecule has 0 aromatic heterocycles. The molecule has 1 rings (SSSR count). The number of rotatable bonds is 5. The van der Waals surface area contributed by atoms with Gasteiger partial charge in [0.15, 0.2) is 0 Å². The van der Waals surface area contributed by atoms with Crippen LogP contribution in [0.5, 0.6) is 0 Å². The van der Waals surface area contributed by atoms with E-state index in [2.05, 4.69) is 5.32 Å². The zero-order valence-electron chi connectivity index (χ0n) is 10.8. The van der Waals surface area contributed by atoms with Gasteiger partial charge in [-0.25, -0.2) is 8.42 Å². The molecule has 1 aromatic rings. The van der Waals surface area contributed by atoms with Gasteiger partial charge in [-0.3, -0.25) is 4.79 Å². The largest absolute Gasteiger partial charge is 0.348 e. The maximum atomic E-state index is 11.7. The van der Waals surface area contributed by atoms with Crippen LogP contribution in [0.25, 0.3) is 0 Å². The monoisotopic (exact) mass is 270 g/mol. The molecule has 0 aliphatic heterocycles. The Morgan fingerprint density at radius 3 is 2.39 bits per heavy atom. The van der Waals surface area contributed by atoms with Gasteiger partial charge in [0.2, 0.25) is 15.9 Å². The van der Waals surface area contributed by atoms with Gasteiger partial charge in [0.1, 0.15) is 0 Å². The Balaban J connectivity index is 2.56. The van der Waals surface area contributed by atoms with Crippen LogP contribution in [0.2, 0.25) is 0 Å². The number of hydrogen-bond donors (Lipinski definition) is 1. The molecule has 0 fully saturated rings. The lowest BCUT2D eigenvalue weighted by Crippen LogP contribution is -2.38. The van der Waals surface area contributed by atoms with Crippen molar-refractivity contribution >= 4 is 15.9 Å². The fraction of sp³-hybridized carbons (Fsp3) is 0.417. The molecule has 0 heterocycles. The van der Waals surface area contributed by atoms with Gasteiger partial charge >= 0.3 is 0 Å². The highest BCUT2D eigenvalue weighted by molar-refractivity contribution is 7.88. The van der Waals surface area contributed by atoms with Crippen LogP contribution in [0.3, 0.4) is 0 Å². The second-order valence-electron chi connectivity index (χ2n) is 4.22. The predicted octanol–water partition coefficient (Wildman–Crippen LogP) is 0.755. The molecule has 5 nitrogen and oxygen atoms in total. The molecule has 18 heavy (non-hydrogen) atoms. The normalized spacial score (nSPS) is 13.3. The van der Waals surface area contributed by atoms with Crippen LogP contribution in [0.4, 0.5) is 0 Å². The highest BCUT2D eigenvalue weighted by Gasteiger charge is 2.16. The van der Waals surface area contributed by atoms with Crippen LogP contribution in [0.1, 0.15) is 18.5 Å². The number of nitrogens with zero attached hydrogens (tertiary/aromatic N) is 1. The Morgan fingerprint density at radius 1 is 1.33 bits per heavy atom. The van der Waals surface area contributed by atoms with E-state index in [-0.39, 0.29) is 18.5 Å².